The maximum atomic E-state index is 10.9. The van der Waals surface area contributed by atoms with Crippen LogP contribution in [-0.4, -0.2) is 18.1 Å². The fourth-order valence-electron chi connectivity index (χ4n) is 1.36. The highest BCUT2D eigenvalue weighted by molar-refractivity contribution is 7.85. The fourth-order valence-corrected chi connectivity index (χ4v) is 1.90. The molecule has 0 aromatic heterocycles. The summed E-state index contributed by atoms with van der Waals surface area (Å²) >= 11 is 0. The fraction of sp³-hybridized carbons (Fsp3) is 0.0909. The van der Waals surface area contributed by atoms with Crippen LogP contribution >= 0.6 is 0 Å². The summed E-state index contributed by atoms with van der Waals surface area (Å²) in [6.07, 6.45) is 4.65. The van der Waals surface area contributed by atoms with Crippen LogP contribution in [-0.2, 0) is 10.1 Å². The van der Waals surface area contributed by atoms with E-state index in [2.05, 4.69) is 6.58 Å². The lowest BCUT2D eigenvalue weighted by Crippen LogP contribution is -2.25. The Kier molecular flexibility index (Phi) is 3.51. The Bertz CT molecular complexity index is 627. The third-order valence-corrected chi connectivity index (χ3v) is 2.88. The molecule has 5 heteroatoms. The summed E-state index contributed by atoms with van der Waals surface area (Å²) in [6.45, 7) is 5.20. The van der Waals surface area contributed by atoms with Gasteiger partial charge in [-0.25, -0.2) is 0 Å². The highest BCUT2D eigenvalue weighted by Crippen LogP contribution is 2.09. The maximum Gasteiger partial charge on any atom is 0.294 e. The van der Waals surface area contributed by atoms with Crippen LogP contribution in [0.15, 0.2) is 29.7 Å². The van der Waals surface area contributed by atoms with Crippen molar-refractivity contribution in [3.8, 4) is 5.75 Å². The lowest BCUT2D eigenvalue weighted by atomic mass is 10.2. The van der Waals surface area contributed by atoms with Crippen LogP contribution in [0.3, 0.4) is 0 Å². The molecule has 0 fully saturated rings. The van der Waals surface area contributed by atoms with Crippen molar-refractivity contribution in [2.24, 2.45) is 0 Å². The molecule has 0 heterocycles. The summed E-state index contributed by atoms with van der Waals surface area (Å²) in [7, 11) is -4.32. The van der Waals surface area contributed by atoms with Gasteiger partial charge in [-0.2, -0.15) is 8.42 Å². The van der Waals surface area contributed by atoms with Crippen molar-refractivity contribution < 1.29 is 18.1 Å². The first kappa shape index (κ1) is 12.5. The van der Waals surface area contributed by atoms with Crippen LogP contribution in [0, 0.1) is 0 Å². The molecule has 0 bridgehead atoms. The molecule has 0 radical (unpaired) electrons. The third-order valence-electron chi connectivity index (χ3n) is 2.05. The summed E-state index contributed by atoms with van der Waals surface area (Å²) in [5.74, 6) is -0.203. The molecule has 0 saturated carbocycles. The van der Waals surface area contributed by atoms with Crippen LogP contribution in [0.1, 0.15) is 6.92 Å². The molecule has 1 aromatic rings. The monoisotopic (exact) mass is 240 g/mol. The third kappa shape index (κ3) is 2.50. The largest absolute Gasteiger partial charge is 0.507 e. The van der Waals surface area contributed by atoms with Crippen LogP contribution < -0.4 is 10.4 Å². The van der Waals surface area contributed by atoms with Gasteiger partial charge in [0.05, 0.1) is 4.90 Å². The van der Waals surface area contributed by atoms with Gasteiger partial charge in [-0.3, -0.25) is 4.55 Å². The Balaban J connectivity index is 3.81. The second-order valence-corrected chi connectivity index (χ2v) is 4.53. The second-order valence-electron chi connectivity index (χ2n) is 3.11. The van der Waals surface area contributed by atoms with E-state index in [9.17, 15) is 13.5 Å². The topological polar surface area (TPSA) is 74.6 Å². The first-order valence-electron chi connectivity index (χ1n) is 4.49. The molecule has 0 aliphatic rings. The lowest BCUT2D eigenvalue weighted by molar-refractivity contribution is 0.462. The first-order chi connectivity index (χ1) is 7.40. The lowest BCUT2D eigenvalue weighted by Gasteiger charge is -2.00. The van der Waals surface area contributed by atoms with Gasteiger partial charge >= 0.3 is 0 Å². The number of rotatable bonds is 2. The summed E-state index contributed by atoms with van der Waals surface area (Å²) in [5.41, 5.74) is 0. The van der Waals surface area contributed by atoms with E-state index in [-0.39, 0.29) is 10.6 Å². The summed E-state index contributed by atoms with van der Waals surface area (Å²) in [5, 5.41) is 10.6. The zero-order chi connectivity index (χ0) is 12.3. The van der Waals surface area contributed by atoms with Gasteiger partial charge in [0.25, 0.3) is 10.1 Å². The summed E-state index contributed by atoms with van der Waals surface area (Å²) in [6, 6.07) is 2.27. The predicted octanol–water partition coefficient (Wildman–Crippen LogP) is 0.406. The molecule has 0 spiro atoms. The van der Waals surface area contributed by atoms with Crippen molar-refractivity contribution in [1.29, 1.82) is 0 Å². The van der Waals surface area contributed by atoms with Crippen LogP contribution in [0.25, 0.3) is 12.2 Å². The molecule has 1 rings (SSSR count). The minimum atomic E-state index is -4.32. The number of hydrogen-bond acceptors (Lipinski definition) is 3. The number of benzene rings is 1. The Hall–Kier alpha value is -1.59. The van der Waals surface area contributed by atoms with Crippen molar-refractivity contribution in [3.05, 3.63) is 35.2 Å². The SMILES string of the molecule is C=C/C=c1/cc(S(=O)(=O)O)cc(O)/c1=C/C. The van der Waals surface area contributed by atoms with E-state index in [0.29, 0.717) is 10.4 Å². The Morgan fingerprint density at radius 1 is 1.38 bits per heavy atom. The minimum absolute atomic E-state index is 0.203. The molecule has 2 N–H and O–H groups in total. The van der Waals surface area contributed by atoms with E-state index in [1.807, 2.05) is 0 Å². The van der Waals surface area contributed by atoms with Gasteiger partial charge < -0.3 is 5.11 Å². The molecular formula is C11H12O4S. The van der Waals surface area contributed by atoms with E-state index in [0.717, 1.165) is 6.07 Å². The Morgan fingerprint density at radius 2 is 2.00 bits per heavy atom. The summed E-state index contributed by atoms with van der Waals surface area (Å²) < 4.78 is 30.8. The van der Waals surface area contributed by atoms with Crippen molar-refractivity contribution in [3.63, 3.8) is 0 Å². The highest BCUT2D eigenvalue weighted by Gasteiger charge is 2.11. The van der Waals surface area contributed by atoms with Crippen LogP contribution in [0.2, 0.25) is 0 Å². The van der Waals surface area contributed by atoms with Gasteiger partial charge in [-0.1, -0.05) is 24.8 Å². The highest BCUT2D eigenvalue weighted by atomic mass is 32.2. The second kappa shape index (κ2) is 4.51. The average Bonchev–Trinajstić information content (AvgIpc) is 2.16. The molecule has 86 valence electrons. The molecule has 1 aromatic carbocycles. The van der Waals surface area contributed by atoms with Crippen molar-refractivity contribution in [1.82, 2.24) is 0 Å². The molecule has 4 nitrogen and oxygen atoms in total. The van der Waals surface area contributed by atoms with Gasteiger partial charge in [0.2, 0.25) is 0 Å². The zero-order valence-corrected chi connectivity index (χ0v) is 9.53. The van der Waals surface area contributed by atoms with Gasteiger partial charge in [0.15, 0.2) is 0 Å². The number of phenols is 1. The number of phenolic OH excluding ortho intramolecular Hbond substituents is 1. The average molecular weight is 240 g/mol. The number of aromatic hydroxyl groups is 1. The molecule has 0 aliphatic heterocycles. The minimum Gasteiger partial charge on any atom is -0.507 e. The van der Waals surface area contributed by atoms with Crippen LogP contribution in [0.4, 0.5) is 0 Å². The van der Waals surface area contributed by atoms with E-state index in [1.54, 1.807) is 19.1 Å². The van der Waals surface area contributed by atoms with E-state index < -0.39 is 10.1 Å². The van der Waals surface area contributed by atoms with Gasteiger partial charge in [-0.05, 0) is 18.2 Å². The van der Waals surface area contributed by atoms with Crippen molar-refractivity contribution in [2.75, 3.05) is 0 Å². The Morgan fingerprint density at radius 3 is 2.44 bits per heavy atom. The van der Waals surface area contributed by atoms with E-state index >= 15 is 0 Å². The standard InChI is InChI=1S/C11H12O4S/c1-3-5-8-6-9(16(13,14)15)7-11(12)10(8)4-2/h3-7,12H,1H2,2H3,(H,13,14,15)/b8-5-,10-4+. The van der Waals surface area contributed by atoms with Gasteiger partial charge in [-0.15, -0.1) is 0 Å². The molecular weight excluding hydrogens is 228 g/mol. The molecule has 0 atom stereocenters. The van der Waals surface area contributed by atoms with Crippen molar-refractivity contribution >= 4 is 22.3 Å². The van der Waals surface area contributed by atoms with Gasteiger partial charge in [0, 0.05) is 11.3 Å². The number of allylic oxidation sites excluding steroid dienone is 1. The first-order valence-corrected chi connectivity index (χ1v) is 5.93. The van der Waals surface area contributed by atoms with Crippen LogP contribution in [0.5, 0.6) is 5.75 Å². The summed E-state index contributed by atoms with van der Waals surface area (Å²) in [4.78, 5) is -0.344. The van der Waals surface area contributed by atoms with Gasteiger partial charge in [0.1, 0.15) is 5.75 Å². The van der Waals surface area contributed by atoms with Crippen molar-refractivity contribution in [2.45, 2.75) is 11.8 Å². The molecule has 0 amide bonds. The zero-order valence-electron chi connectivity index (χ0n) is 8.71. The molecule has 16 heavy (non-hydrogen) atoms. The Labute approximate surface area is 93.6 Å². The normalized spacial score (nSPS) is 14.1. The quantitative estimate of drug-likeness (QED) is 0.734. The smallest absolute Gasteiger partial charge is 0.294 e. The van der Waals surface area contributed by atoms with E-state index in [1.165, 1.54) is 12.1 Å². The maximum absolute atomic E-state index is 10.9. The predicted molar refractivity (Wildman–Crippen MR) is 62.0 cm³/mol. The molecule has 0 unspecified atom stereocenters. The molecule has 0 saturated heterocycles. The van der Waals surface area contributed by atoms with E-state index in [4.69, 9.17) is 4.55 Å². The number of hydrogen-bond donors (Lipinski definition) is 2. The molecule has 0 aliphatic carbocycles.